The van der Waals surface area contributed by atoms with Crippen molar-refractivity contribution < 1.29 is 18.0 Å². The molecule has 1 fully saturated rings. The van der Waals surface area contributed by atoms with Crippen LogP contribution in [0.4, 0.5) is 5.69 Å². The van der Waals surface area contributed by atoms with Crippen LogP contribution in [0.3, 0.4) is 0 Å². The quantitative estimate of drug-likeness (QED) is 0.867. The predicted molar refractivity (Wildman–Crippen MR) is 89.0 cm³/mol. The van der Waals surface area contributed by atoms with Crippen LogP contribution in [0.5, 0.6) is 0 Å². The van der Waals surface area contributed by atoms with Crippen molar-refractivity contribution in [1.82, 2.24) is 9.21 Å². The van der Waals surface area contributed by atoms with Gasteiger partial charge < -0.3 is 10.2 Å². The van der Waals surface area contributed by atoms with Gasteiger partial charge in [-0.15, -0.1) is 0 Å². The summed E-state index contributed by atoms with van der Waals surface area (Å²) in [6.07, 6.45) is 1.26. The minimum Gasteiger partial charge on any atom is -0.349 e. The number of carbonyl (C=O) groups excluding carboxylic acids is 2. The molecule has 0 radical (unpaired) electrons. The second kappa shape index (κ2) is 6.18. The Labute approximate surface area is 141 Å². The molecule has 0 bridgehead atoms. The molecule has 7 nitrogen and oxygen atoms in total. The number of anilines is 1. The molecule has 0 saturated carbocycles. The molecule has 2 aliphatic heterocycles. The second-order valence-electron chi connectivity index (χ2n) is 6.45. The van der Waals surface area contributed by atoms with E-state index in [-0.39, 0.29) is 29.0 Å². The fourth-order valence-electron chi connectivity index (χ4n) is 3.22. The zero-order chi connectivity index (χ0) is 17.5. The van der Waals surface area contributed by atoms with Crippen LogP contribution in [-0.2, 0) is 26.0 Å². The first kappa shape index (κ1) is 16.9. The van der Waals surface area contributed by atoms with E-state index in [0.29, 0.717) is 37.2 Å². The SMILES string of the molecule is CN(C)C(=O)C1CCN(S(=O)(=O)c2ccc3c(c2)CC(=O)N3)CC1. The van der Waals surface area contributed by atoms with E-state index in [4.69, 9.17) is 0 Å². The fraction of sp³-hybridized carbons (Fsp3) is 0.500. The Bertz CT molecular complexity index is 781. The molecular formula is C16H21N3O4S. The summed E-state index contributed by atoms with van der Waals surface area (Å²) < 4.78 is 27.0. The van der Waals surface area contributed by atoms with E-state index >= 15 is 0 Å². The van der Waals surface area contributed by atoms with Crippen molar-refractivity contribution in [3.8, 4) is 0 Å². The van der Waals surface area contributed by atoms with E-state index in [0.717, 1.165) is 0 Å². The fourth-order valence-corrected chi connectivity index (χ4v) is 4.74. The van der Waals surface area contributed by atoms with Crippen LogP contribution in [0, 0.1) is 5.92 Å². The van der Waals surface area contributed by atoms with Crippen molar-refractivity contribution in [2.75, 3.05) is 32.5 Å². The Kier molecular flexibility index (Phi) is 4.35. The molecule has 130 valence electrons. The number of rotatable bonds is 3. The zero-order valence-electron chi connectivity index (χ0n) is 13.8. The number of hydrogen-bond acceptors (Lipinski definition) is 4. The Morgan fingerprint density at radius 2 is 1.92 bits per heavy atom. The lowest BCUT2D eigenvalue weighted by atomic mass is 9.97. The summed E-state index contributed by atoms with van der Waals surface area (Å²) in [5, 5.41) is 2.69. The van der Waals surface area contributed by atoms with E-state index in [1.807, 2.05) is 0 Å². The molecule has 2 heterocycles. The van der Waals surface area contributed by atoms with Gasteiger partial charge in [-0.3, -0.25) is 9.59 Å². The maximum atomic E-state index is 12.8. The summed E-state index contributed by atoms with van der Waals surface area (Å²) in [6, 6.07) is 4.73. The average Bonchev–Trinajstić information content (AvgIpc) is 2.93. The lowest BCUT2D eigenvalue weighted by molar-refractivity contribution is -0.134. The maximum absolute atomic E-state index is 12.8. The standard InChI is InChI=1S/C16H21N3O4S/c1-18(2)16(21)11-5-7-19(8-6-11)24(22,23)13-3-4-14-12(9-13)10-15(20)17-14/h3-4,9,11H,5-8,10H2,1-2H3,(H,17,20). The lowest BCUT2D eigenvalue weighted by Crippen LogP contribution is -2.42. The molecule has 24 heavy (non-hydrogen) atoms. The molecule has 0 spiro atoms. The van der Waals surface area contributed by atoms with Crippen LogP contribution < -0.4 is 5.32 Å². The van der Waals surface area contributed by atoms with Gasteiger partial charge in [-0.1, -0.05) is 0 Å². The van der Waals surface area contributed by atoms with Gasteiger partial charge in [-0.05, 0) is 36.6 Å². The molecule has 0 unspecified atom stereocenters. The van der Waals surface area contributed by atoms with Crippen molar-refractivity contribution in [3.05, 3.63) is 23.8 Å². The van der Waals surface area contributed by atoms with E-state index in [2.05, 4.69) is 5.32 Å². The number of amides is 2. The molecule has 0 atom stereocenters. The summed E-state index contributed by atoms with van der Waals surface area (Å²) in [5.41, 5.74) is 1.38. The van der Waals surface area contributed by atoms with Crippen molar-refractivity contribution in [2.24, 2.45) is 5.92 Å². The third kappa shape index (κ3) is 3.03. The summed E-state index contributed by atoms with van der Waals surface area (Å²) in [7, 11) is -0.174. The second-order valence-corrected chi connectivity index (χ2v) is 8.39. The smallest absolute Gasteiger partial charge is 0.243 e. The lowest BCUT2D eigenvalue weighted by Gasteiger charge is -2.31. The number of fused-ring (bicyclic) bond motifs is 1. The molecule has 8 heteroatoms. The summed E-state index contributed by atoms with van der Waals surface area (Å²) in [4.78, 5) is 25.2. The average molecular weight is 351 g/mol. The number of carbonyl (C=O) groups is 2. The first-order chi connectivity index (χ1) is 11.3. The first-order valence-corrected chi connectivity index (χ1v) is 9.37. The maximum Gasteiger partial charge on any atom is 0.243 e. The van der Waals surface area contributed by atoms with Gasteiger partial charge in [0, 0.05) is 38.8 Å². The number of sulfonamides is 1. The summed E-state index contributed by atoms with van der Waals surface area (Å²) in [5.74, 6) is -0.190. The van der Waals surface area contributed by atoms with Gasteiger partial charge in [-0.2, -0.15) is 4.31 Å². The molecule has 2 aliphatic rings. The number of benzene rings is 1. The van der Waals surface area contributed by atoms with E-state index in [9.17, 15) is 18.0 Å². The van der Waals surface area contributed by atoms with Gasteiger partial charge in [0.2, 0.25) is 21.8 Å². The van der Waals surface area contributed by atoms with Crippen molar-refractivity contribution >= 4 is 27.5 Å². The number of nitrogens with one attached hydrogen (secondary N) is 1. The van der Waals surface area contributed by atoms with Crippen LogP contribution in [0.1, 0.15) is 18.4 Å². The number of nitrogens with zero attached hydrogens (tertiary/aromatic N) is 2. The van der Waals surface area contributed by atoms with Crippen molar-refractivity contribution in [3.63, 3.8) is 0 Å². The largest absolute Gasteiger partial charge is 0.349 e. The van der Waals surface area contributed by atoms with E-state index < -0.39 is 10.0 Å². The van der Waals surface area contributed by atoms with Crippen LogP contribution in [0.15, 0.2) is 23.1 Å². The molecule has 1 aromatic rings. The Balaban J connectivity index is 1.75. The summed E-state index contributed by atoms with van der Waals surface area (Å²) in [6.45, 7) is 0.668. The Hall–Kier alpha value is -1.93. The highest BCUT2D eigenvalue weighted by atomic mass is 32.2. The number of hydrogen-bond donors (Lipinski definition) is 1. The van der Waals surface area contributed by atoms with Crippen molar-refractivity contribution in [2.45, 2.75) is 24.2 Å². The molecular weight excluding hydrogens is 330 g/mol. The topological polar surface area (TPSA) is 86.8 Å². The molecule has 1 N–H and O–H groups in total. The highest BCUT2D eigenvalue weighted by molar-refractivity contribution is 7.89. The zero-order valence-corrected chi connectivity index (χ0v) is 14.6. The minimum absolute atomic E-state index is 0.0502. The van der Waals surface area contributed by atoms with Gasteiger partial charge in [0.05, 0.1) is 11.3 Å². The van der Waals surface area contributed by atoms with Gasteiger partial charge in [0.25, 0.3) is 0 Å². The molecule has 2 amide bonds. The van der Waals surface area contributed by atoms with Gasteiger partial charge >= 0.3 is 0 Å². The monoisotopic (exact) mass is 351 g/mol. The highest BCUT2D eigenvalue weighted by Gasteiger charge is 2.33. The van der Waals surface area contributed by atoms with Gasteiger partial charge in [0.1, 0.15) is 0 Å². The predicted octanol–water partition coefficient (Wildman–Crippen LogP) is 0.670. The van der Waals surface area contributed by atoms with Gasteiger partial charge in [-0.25, -0.2) is 8.42 Å². The van der Waals surface area contributed by atoms with Crippen LogP contribution in [-0.4, -0.2) is 56.6 Å². The Morgan fingerprint density at radius 1 is 1.25 bits per heavy atom. The van der Waals surface area contributed by atoms with Gasteiger partial charge in [0.15, 0.2) is 0 Å². The molecule has 3 rings (SSSR count). The van der Waals surface area contributed by atoms with E-state index in [1.54, 1.807) is 31.1 Å². The molecule has 0 aliphatic carbocycles. The van der Waals surface area contributed by atoms with Crippen LogP contribution >= 0.6 is 0 Å². The molecule has 1 saturated heterocycles. The van der Waals surface area contributed by atoms with Crippen molar-refractivity contribution in [1.29, 1.82) is 0 Å². The minimum atomic E-state index is -3.60. The highest BCUT2D eigenvalue weighted by Crippen LogP contribution is 2.29. The normalized spacial score (nSPS) is 19.0. The first-order valence-electron chi connectivity index (χ1n) is 7.93. The Morgan fingerprint density at radius 3 is 2.54 bits per heavy atom. The summed E-state index contributed by atoms with van der Waals surface area (Å²) >= 11 is 0. The van der Waals surface area contributed by atoms with Crippen LogP contribution in [0.2, 0.25) is 0 Å². The third-order valence-corrected chi connectivity index (χ3v) is 6.48. The molecule has 0 aromatic heterocycles. The number of piperidine rings is 1. The van der Waals surface area contributed by atoms with E-state index in [1.165, 1.54) is 10.4 Å². The van der Waals surface area contributed by atoms with Crippen LogP contribution in [0.25, 0.3) is 0 Å². The third-order valence-electron chi connectivity index (χ3n) is 4.58. The molecule has 1 aromatic carbocycles.